The molecule has 0 radical (unpaired) electrons. The maximum absolute atomic E-state index is 11.7. The Kier molecular flexibility index (Phi) is 4.59. The SMILES string of the molecule is COc1ccc(OC)c(COC(=O)C(C)(C)C)c1. The number of benzene rings is 1. The van der Waals surface area contributed by atoms with Gasteiger partial charge in [-0.05, 0) is 39.0 Å². The summed E-state index contributed by atoms with van der Waals surface area (Å²) in [6.45, 7) is 5.63. The second-order valence-electron chi connectivity index (χ2n) is 5.00. The maximum atomic E-state index is 11.7. The molecule has 1 aromatic rings. The minimum absolute atomic E-state index is 0.177. The van der Waals surface area contributed by atoms with Crippen LogP contribution in [0.4, 0.5) is 0 Å². The molecule has 0 spiro atoms. The third kappa shape index (κ3) is 3.65. The van der Waals surface area contributed by atoms with Crippen molar-refractivity contribution in [1.29, 1.82) is 0 Å². The average molecular weight is 252 g/mol. The van der Waals surface area contributed by atoms with Crippen LogP contribution in [0.25, 0.3) is 0 Å². The van der Waals surface area contributed by atoms with E-state index in [2.05, 4.69) is 0 Å². The molecule has 0 saturated carbocycles. The van der Waals surface area contributed by atoms with Crippen LogP contribution in [0.15, 0.2) is 18.2 Å². The van der Waals surface area contributed by atoms with Crippen molar-refractivity contribution < 1.29 is 19.0 Å². The van der Waals surface area contributed by atoms with Gasteiger partial charge in [0, 0.05) is 5.56 Å². The van der Waals surface area contributed by atoms with Gasteiger partial charge in [-0.25, -0.2) is 0 Å². The Bertz CT molecular complexity index is 418. The molecule has 0 heterocycles. The number of carbonyl (C=O) groups excluding carboxylic acids is 1. The summed E-state index contributed by atoms with van der Waals surface area (Å²) >= 11 is 0. The van der Waals surface area contributed by atoms with Crippen LogP contribution in [0.3, 0.4) is 0 Å². The molecule has 1 aromatic carbocycles. The molecule has 18 heavy (non-hydrogen) atoms. The molecule has 0 N–H and O–H groups in total. The van der Waals surface area contributed by atoms with E-state index in [9.17, 15) is 4.79 Å². The van der Waals surface area contributed by atoms with Crippen molar-refractivity contribution in [3.63, 3.8) is 0 Å². The second-order valence-corrected chi connectivity index (χ2v) is 5.00. The van der Waals surface area contributed by atoms with Gasteiger partial charge in [0.2, 0.25) is 0 Å². The first kappa shape index (κ1) is 14.4. The van der Waals surface area contributed by atoms with Crippen LogP contribution in [0.2, 0.25) is 0 Å². The Morgan fingerprint density at radius 2 is 1.83 bits per heavy atom. The quantitative estimate of drug-likeness (QED) is 0.773. The average Bonchev–Trinajstić information content (AvgIpc) is 2.34. The molecule has 0 aromatic heterocycles. The van der Waals surface area contributed by atoms with Gasteiger partial charge >= 0.3 is 5.97 Å². The second kappa shape index (κ2) is 5.76. The van der Waals surface area contributed by atoms with Crippen molar-refractivity contribution in [2.24, 2.45) is 5.41 Å². The Morgan fingerprint density at radius 3 is 2.33 bits per heavy atom. The van der Waals surface area contributed by atoms with E-state index in [1.807, 2.05) is 20.8 Å². The Labute approximate surface area is 108 Å². The fourth-order valence-corrected chi connectivity index (χ4v) is 1.35. The number of rotatable bonds is 4. The number of ether oxygens (including phenoxy) is 3. The first-order valence-electron chi connectivity index (χ1n) is 5.76. The van der Waals surface area contributed by atoms with E-state index in [1.165, 1.54) is 0 Å². The van der Waals surface area contributed by atoms with Crippen LogP contribution < -0.4 is 9.47 Å². The van der Waals surface area contributed by atoms with E-state index in [0.29, 0.717) is 11.5 Å². The fraction of sp³-hybridized carbons (Fsp3) is 0.500. The lowest BCUT2D eigenvalue weighted by Gasteiger charge is -2.17. The third-order valence-electron chi connectivity index (χ3n) is 2.46. The van der Waals surface area contributed by atoms with Gasteiger partial charge in [0.25, 0.3) is 0 Å². The van der Waals surface area contributed by atoms with Crippen molar-refractivity contribution in [2.75, 3.05) is 14.2 Å². The molecule has 0 aliphatic heterocycles. The molecule has 1 rings (SSSR count). The summed E-state index contributed by atoms with van der Waals surface area (Å²) in [5, 5.41) is 0. The Morgan fingerprint density at radius 1 is 1.17 bits per heavy atom. The fourth-order valence-electron chi connectivity index (χ4n) is 1.35. The molecule has 0 unspecified atom stereocenters. The number of methoxy groups -OCH3 is 2. The van der Waals surface area contributed by atoms with Crippen molar-refractivity contribution in [3.8, 4) is 11.5 Å². The lowest BCUT2D eigenvalue weighted by Crippen LogP contribution is -2.22. The molecule has 0 bridgehead atoms. The number of hydrogen-bond acceptors (Lipinski definition) is 4. The monoisotopic (exact) mass is 252 g/mol. The van der Waals surface area contributed by atoms with E-state index in [4.69, 9.17) is 14.2 Å². The van der Waals surface area contributed by atoms with Crippen molar-refractivity contribution in [2.45, 2.75) is 27.4 Å². The molecule has 0 aliphatic rings. The number of carbonyl (C=O) groups is 1. The van der Waals surface area contributed by atoms with Gasteiger partial charge in [-0.2, -0.15) is 0 Å². The summed E-state index contributed by atoms with van der Waals surface area (Å²) in [6.07, 6.45) is 0. The predicted molar refractivity (Wildman–Crippen MR) is 68.8 cm³/mol. The van der Waals surface area contributed by atoms with Gasteiger partial charge in [0.15, 0.2) is 0 Å². The van der Waals surface area contributed by atoms with Crippen LogP contribution in [0, 0.1) is 5.41 Å². The summed E-state index contributed by atoms with van der Waals surface area (Å²) in [5.41, 5.74) is 0.279. The van der Waals surface area contributed by atoms with E-state index < -0.39 is 5.41 Å². The summed E-state index contributed by atoms with van der Waals surface area (Å²) in [5.74, 6) is 1.14. The zero-order valence-electron chi connectivity index (χ0n) is 11.6. The van der Waals surface area contributed by atoms with Gasteiger partial charge in [-0.3, -0.25) is 4.79 Å². The summed E-state index contributed by atoms with van der Waals surface area (Å²) in [7, 11) is 3.17. The van der Waals surface area contributed by atoms with Crippen LogP contribution in [-0.4, -0.2) is 20.2 Å². The smallest absolute Gasteiger partial charge is 0.311 e. The van der Waals surface area contributed by atoms with E-state index >= 15 is 0 Å². The van der Waals surface area contributed by atoms with E-state index in [1.54, 1.807) is 32.4 Å². The zero-order chi connectivity index (χ0) is 13.8. The summed E-state index contributed by atoms with van der Waals surface area (Å²) in [4.78, 5) is 11.7. The Balaban J connectivity index is 2.80. The molecule has 0 aliphatic carbocycles. The van der Waals surface area contributed by atoms with Crippen LogP contribution in [0.1, 0.15) is 26.3 Å². The summed E-state index contributed by atoms with van der Waals surface area (Å²) in [6, 6.07) is 5.39. The first-order valence-corrected chi connectivity index (χ1v) is 5.76. The summed E-state index contributed by atoms with van der Waals surface area (Å²) < 4.78 is 15.6. The van der Waals surface area contributed by atoms with E-state index in [-0.39, 0.29) is 12.6 Å². The highest BCUT2D eigenvalue weighted by molar-refractivity contribution is 5.75. The zero-order valence-corrected chi connectivity index (χ0v) is 11.6. The predicted octanol–water partition coefficient (Wildman–Crippen LogP) is 2.79. The third-order valence-corrected chi connectivity index (χ3v) is 2.46. The van der Waals surface area contributed by atoms with Crippen molar-refractivity contribution >= 4 is 5.97 Å². The number of esters is 1. The van der Waals surface area contributed by atoms with Crippen LogP contribution in [0.5, 0.6) is 11.5 Å². The largest absolute Gasteiger partial charge is 0.497 e. The highest BCUT2D eigenvalue weighted by Crippen LogP contribution is 2.25. The van der Waals surface area contributed by atoms with Gasteiger partial charge in [0.1, 0.15) is 18.1 Å². The normalized spacial score (nSPS) is 10.9. The highest BCUT2D eigenvalue weighted by Gasteiger charge is 2.23. The Hall–Kier alpha value is -1.71. The topological polar surface area (TPSA) is 44.8 Å². The lowest BCUT2D eigenvalue weighted by atomic mass is 9.97. The minimum atomic E-state index is -0.508. The number of hydrogen-bond donors (Lipinski definition) is 0. The van der Waals surface area contributed by atoms with E-state index in [0.717, 1.165) is 5.56 Å². The van der Waals surface area contributed by atoms with Gasteiger partial charge < -0.3 is 14.2 Å². The molecule has 0 atom stereocenters. The molecule has 100 valence electrons. The van der Waals surface area contributed by atoms with Crippen molar-refractivity contribution in [1.82, 2.24) is 0 Å². The van der Waals surface area contributed by atoms with Crippen LogP contribution >= 0.6 is 0 Å². The highest BCUT2D eigenvalue weighted by atomic mass is 16.5. The molecule has 4 heteroatoms. The molecule has 0 amide bonds. The minimum Gasteiger partial charge on any atom is -0.497 e. The first-order chi connectivity index (χ1) is 8.38. The standard InChI is InChI=1S/C14H20O4/c1-14(2,3)13(15)18-9-10-8-11(16-4)6-7-12(10)17-5/h6-8H,9H2,1-5H3. The molecule has 4 nitrogen and oxygen atoms in total. The molecular weight excluding hydrogens is 232 g/mol. The molecular formula is C14H20O4. The van der Waals surface area contributed by atoms with Gasteiger partial charge in [-0.15, -0.1) is 0 Å². The lowest BCUT2D eigenvalue weighted by molar-refractivity contribution is -0.154. The maximum Gasteiger partial charge on any atom is 0.311 e. The van der Waals surface area contributed by atoms with Gasteiger partial charge in [0.05, 0.1) is 19.6 Å². The molecule has 0 fully saturated rings. The molecule has 0 saturated heterocycles. The van der Waals surface area contributed by atoms with Crippen molar-refractivity contribution in [3.05, 3.63) is 23.8 Å². The van der Waals surface area contributed by atoms with Gasteiger partial charge in [-0.1, -0.05) is 0 Å². The van der Waals surface area contributed by atoms with Crippen LogP contribution in [-0.2, 0) is 16.1 Å².